The van der Waals surface area contributed by atoms with Crippen LogP contribution in [0.5, 0.6) is 17.2 Å². The molecule has 0 atom stereocenters. The Bertz CT molecular complexity index is 738. The molecule has 0 saturated carbocycles. The summed E-state index contributed by atoms with van der Waals surface area (Å²) in [4.78, 5) is 14.2. The van der Waals surface area contributed by atoms with E-state index in [1.54, 1.807) is 31.3 Å². The standard InChI is InChI=1S/C19H21F2NO4/c1-12-16(24-3)9-14(10-17(12)25-4)18(23)22(2)11-13-5-7-15(8-6-13)26-19(20)21/h5-10,19H,11H2,1-4H3. The number of hydrogen-bond acceptors (Lipinski definition) is 4. The van der Waals surface area contributed by atoms with E-state index in [1.807, 2.05) is 6.92 Å². The number of carbonyl (C=O) groups is 1. The molecule has 5 nitrogen and oxygen atoms in total. The van der Waals surface area contributed by atoms with Crippen LogP contribution in [0, 0.1) is 6.92 Å². The van der Waals surface area contributed by atoms with Gasteiger partial charge in [-0.3, -0.25) is 4.79 Å². The van der Waals surface area contributed by atoms with Crippen molar-refractivity contribution < 1.29 is 27.8 Å². The van der Waals surface area contributed by atoms with Crippen LogP contribution in [-0.2, 0) is 6.54 Å². The van der Waals surface area contributed by atoms with Crippen LogP contribution in [-0.4, -0.2) is 38.7 Å². The van der Waals surface area contributed by atoms with Crippen molar-refractivity contribution in [3.05, 3.63) is 53.1 Å². The molecule has 0 saturated heterocycles. The van der Waals surface area contributed by atoms with Crippen molar-refractivity contribution >= 4 is 5.91 Å². The molecule has 7 heteroatoms. The first-order valence-corrected chi connectivity index (χ1v) is 7.87. The Morgan fingerprint density at radius 3 is 2.08 bits per heavy atom. The maximum atomic E-state index is 12.7. The summed E-state index contributed by atoms with van der Waals surface area (Å²) >= 11 is 0. The van der Waals surface area contributed by atoms with E-state index in [2.05, 4.69) is 4.74 Å². The van der Waals surface area contributed by atoms with Crippen LogP contribution >= 0.6 is 0 Å². The summed E-state index contributed by atoms with van der Waals surface area (Å²) in [5, 5.41) is 0. The minimum atomic E-state index is -2.86. The molecule has 0 N–H and O–H groups in total. The van der Waals surface area contributed by atoms with Crippen LogP contribution in [0.15, 0.2) is 36.4 Å². The smallest absolute Gasteiger partial charge is 0.387 e. The van der Waals surface area contributed by atoms with Gasteiger partial charge < -0.3 is 19.1 Å². The van der Waals surface area contributed by atoms with Crippen molar-refractivity contribution in [3.63, 3.8) is 0 Å². The summed E-state index contributed by atoms with van der Waals surface area (Å²) in [5.41, 5.74) is 2.03. The van der Waals surface area contributed by atoms with Crippen LogP contribution in [0.1, 0.15) is 21.5 Å². The summed E-state index contributed by atoms with van der Waals surface area (Å²) in [6.45, 7) is -0.707. The molecule has 0 heterocycles. The monoisotopic (exact) mass is 365 g/mol. The van der Waals surface area contributed by atoms with E-state index in [0.29, 0.717) is 23.6 Å². The van der Waals surface area contributed by atoms with E-state index in [4.69, 9.17) is 9.47 Å². The maximum absolute atomic E-state index is 12.7. The SMILES string of the molecule is COc1cc(C(=O)N(C)Cc2ccc(OC(F)F)cc2)cc(OC)c1C. The molecule has 0 aliphatic carbocycles. The molecule has 0 fully saturated rings. The third-order valence-corrected chi connectivity index (χ3v) is 3.91. The van der Waals surface area contributed by atoms with Gasteiger partial charge in [0, 0.05) is 24.7 Å². The average Bonchev–Trinajstić information content (AvgIpc) is 2.62. The van der Waals surface area contributed by atoms with Gasteiger partial charge in [0.15, 0.2) is 0 Å². The van der Waals surface area contributed by atoms with Crippen molar-refractivity contribution in [1.82, 2.24) is 4.90 Å². The molecule has 0 spiro atoms. The Morgan fingerprint density at radius 2 is 1.62 bits per heavy atom. The Hall–Kier alpha value is -2.83. The molecule has 2 aromatic rings. The lowest BCUT2D eigenvalue weighted by atomic mass is 10.1. The zero-order chi connectivity index (χ0) is 19.3. The Balaban J connectivity index is 2.14. The maximum Gasteiger partial charge on any atom is 0.387 e. The van der Waals surface area contributed by atoms with Crippen molar-refractivity contribution in [1.29, 1.82) is 0 Å². The molecule has 0 aliphatic heterocycles. The van der Waals surface area contributed by atoms with Crippen LogP contribution in [0.2, 0.25) is 0 Å². The number of rotatable bonds is 7. The van der Waals surface area contributed by atoms with Gasteiger partial charge in [-0.1, -0.05) is 12.1 Å². The second-order valence-electron chi connectivity index (χ2n) is 5.69. The second kappa shape index (κ2) is 8.51. The van der Waals surface area contributed by atoms with E-state index in [9.17, 15) is 13.6 Å². The van der Waals surface area contributed by atoms with Gasteiger partial charge in [-0.05, 0) is 36.8 Å². The first kappa shape index (κ1) is 19.5. The summed E-state index contributed by atoms with van der Waals surface area (Å²) in [7, 11) is 4.72. The Labute approximate surface area is 151 Å². The molecule has 1 amide bonds. The van der Waals surface area contributed by atoms with E-state index in [-0.39, 0.29) is 11.7 Å². The van der Waals surface area contributed by atoms with Crippen molar-refractivity contribution in [2.45, 2.75) is 20.1 Å². The number of ether oxygens (including phenoxy) is 3. The average molecular weight is 365 g/mol. The number of amides is 1. The number of halogens is 2. The highest BCUT2D eigenvalue weighted by Crippen LogP contribution is 2.30. The number of carbonyl (C=O) groups excluding carboxylic acids is 1. The van der Waals surface area contributed by atoms with E-state index < -0.39 is 6.61 Å². The summed E-state index contributed by atoms with van der Waals surface area (Å²) < 4.78 is 39.3. The minimum Gasteiger partial charge on any atom is -0.496 e. The molecule has 0 aliphatic rings. The van der Waals surface area contributed by atoms with Gasteiger partial charge in [-0.15, -0.1) is 0 Å². The normalized spacial score (nSPS) is 10.6. The van der Waals surface area contributed by atoms with Crippen LogP contribution in [0.4, 0.5) is 8.78 Å². The molecule has 0 radical (unpaired) electrons. The largest absolute Gasteiger partial charge is 0.496 e. The van der Waals surface area contributed by atoms with Gasteiger partial charge in [-0.2, -0.15) is 8.78 Å². The first-order valence-electron chi connectivity index (χ1n) is 7.87. The number of methoxy groups -OCH3 is 2. The van der Waals surface area contributed by atoms with E-state index in [0.717, 1.165) is 11.1 Å². The molecular weight excluding hydrogens is 344 g/mol. The Kier molecular flexibility index (Phi) is 6.38. The fourth-order valence-corrected chi connectivity index (χ4v) is 2.55. The molecular formula is C19H21F2NO4. The highest BCUT2D eigenvalue weighted by molar-refractivity contribution is 5.95. The fraction of sp³-hybridized carbons (Fsp3) is 0.316. The van der Waals surface area contributed by atoms with Crippen LogP contribution in [0.3, 0.4) is 0 Å². The lowest BCUT2D eigenvalue weighted by Crippen LogP contribution is -2.26. The third kappa shape index (κ3) is 4.62. The topological polar surface area (TPSA) is 48.0 Å². The van der Waals surface area contributed by atoms with Gasteiger partial charge in [-0.25, -0.2) is 0 Å². The first-order chi connectivity index (χ1) is 12.3. The second-order valence-corrected chi connectivity index (χ2v) is 5.69. The lowest BCUT2D eigenvalue weighted by Gasteiger charge is -2.19. The zero-order valence-electron chi connectivity index (χ0n) is 15.1. The highest BCUT2D eigenvalue weighted by Gasteiger charge is 2.17. The third-order valence-electron chi connectivity index (χ3n) is 3.91. The van der Waals surface area contributed by atoms with Crippen LogP contribution in [0.25, 0.3) is 0 Å². The zero-order valence-corrected chi connectivity index (χ0v) is 15.1. The summed E-state index contributed by atoms with van der Waals surface area (Å²) in [6.07, 6.45) is 0. The quantitative estimate of drug-likeness (QED) is 0.747. The van der Waals surface area contributed by atoms with Crippen molar-refractivity contribution in [2.24, 2.45) is 0 Å². The molecule has 140 valence electrons. The number of alkyl halides is 2. The van der Waals surface area contributed by atoms with Crippen molar-refractivity contribution in [2.75, 3.05) is 21.3 Å². The minimum absolute atomic E-state index is 0.0748. The van der Waals surface area contributed by atoms with Gasteiger partial charge in [0.1, 0.15) is 17.2 Å². The number of hydrogen-bond donors (Lipinski definition) is 0. The van der Waals surface area contributed by atoms with Gasteiger partial charge in [0.2, 0.25) is 0 Å². The number of nitrogens with zero attached hydrogens (tertiary/aromatic N) is 1. The molecule has 0 aromatic heterocycles. The van der Waals surface area contributed by atoms with Gasteiger partial charge >= 0.3 is 6.61 Å². The highest BCUT2D eigenvalue weighted by atomic mass is 19.3. The van der Waals surface area contributed by atoms with Gasteiger partial charge in [0.05, 0.1) is 14.2 Å². The van der Waals surface area contributed by atoms with E-state index >= 15 is 0 Å². The predicted molar refractivity (Wildman–Crippen MR) is 93.2 cm³/mol. The summed E-state index contributed by atoms with van der Waals surface area (Å²) in [5.74, 6) is 0.990. The fourth-order valence-electron chi connectivity index (χ4n) is 2.55. The van der Waals surface area contributed by atoms with Crippen LogP contribution < -0.4 is 14.2 Å². The summed E-state index contributed by atoms with van der Waals surface area (Å²) in [6, 6.07) is 9.48. The van der Waals surface area contributed by atoms with Crippen molar-refractivity contribution in [3.8, 4) is 17.2 Å². The predicted octanol–water partition coefficient (Wildman–Crippen LogP) is 3.89. The number of benzene rings is 2. The van der Waals surface area contributed by atoms with Gasteiger partial charge in [0.25, 0.3) is 5.91 Å². The Morgan fingerprint density at radius 1 is 1.08 bits per heavy atom. The molecule has 2 aromatic carbocycles. The molecule has 26 heavy (non-hydrogen) atoms. The lowest BCUT2D eigenvalue weighted by molar-refractivity contribution is -0.0498. The van der Waals surface area contributed by atoms with E-state index in [1.165, 1.54) is 31.3 Å². The molecule has 0 unspecified atom stereocenters. The molecule has 2 rings (SSSR count). The molecule has 0 bridgehead atoms.